The van der Waals surface area contributed by atoms with Crippen LogP contribution in [0.2, 0.25) is 0 Å². The van der Waals surface area contributed by atoms with E-state index in [0.717, 1.165) is 18.5 Å². The largest absolute Gasteiger partial charge is 0.319 e. The summed E-state index contributed by atoms with van der Waals surface area (Å²) in [4.78, 5) is 0. The molecule has 1 rings (SSSR count). The van der Waals surface area contributed by atoms with Gasteiger partial charge in [0.05, 0.1) is 11.6 Å². The fraction of sp³-hybridized carbons (Fsp3) is 0.250. The maximum atomic E-state index is 8.69. The first-order valence-corrected chi connectivity index (χ1v) is 4.68. The highest BCUT2D eigenvalue weighted by Crippen LogP contribution is 2.06. The molecule has 0 aliphatic rings. The third-order valence-corrected chi connectivity index (χ3v) is 1.89. The van der Waals surface area contributed by atoms with Crippen molar-refractivity contribution >= 4 is 6.08 Å². The lowest BCUT2D eigenvalue weighted by Gasteiger charge is -1.94. The van der Waals surface area contributed by atoms with Crippen molar-refractivity contribution in [3.8, 4) is 6.07 Å². The molecule has 0 heterocycles. The minimum absolute atomic E-state index is 0.709. The Labute approximate surface area is 84.9 Å². The SMILES string of the molecule is CNCCC=Cc1cccc(C#N)c1. The Bertz CT molecular complexity index is 348. The van der Waals surface area contributed by atoms with Crippen molar-refractivity contribution < 1.29 is 0 Å². The van der Waals surface area contributed by atoms with Gasteiger partial charge in [-0.05, 0) is 37.7 Å². The van der Waals surface area contributed by atoms with E-state index in [-0.39, 0.29) is 0 Å². The zero-order chi connectivity index (χ0) is 10.2. The van der Waals surface area contributed by atoms with Crippen LogP contribution in [0, 0.1) is 11.3 Å². The fourth-order valence-corrected chi connectivity index (χ4v) is 1.16. The van der Waals surface area contributed by atoms with E-state index in [4.69, 9.17) is 5.26 Å². The first kappa shape index (κ1) is 10.5. The van der Waals surface area contributed by atoms with Crippen molar-refractivity contribution in [3.63, 3.8) is 0 Å². The number of hydrogen-bond donors (Lipinski definition) is 1. The second kappa shape index (κ2) is 5.95. The molecule has 1 N–H and O–H groups in total. The lowest BCUT2D eigenvalue weighted by molar-refractivity contribution is 0.809. The van der Waals surface area contributed by atoms with Crippen molar-refractivity contribution in [2.75, 3.05) is 13.6 Å². The second-order valence-electron chi connectivity index (χ2n) is 3.03. The maximum absolute atomic E-state index is 8.69. The minimum Gasteiger partial charge on any atom is -0.319 e. The van der Waals surface area contributed by atoms with Crippen LogP contribution in [0.1, 0.15) is 17.5 Å². The third-order valence-electron chi connectivity index (χ3n) is 1.89. The standard InChI is InChI=1S/C12H14N2/c1-14-8-3-2-5-11-6-4-7-12(9-11)10-13/h2,4-7,9,14H,3,8H2,1H3. The van der Waals surface area contributed by atoms with Crippen molar-refractivity contribution in [1.82, 2.24) is 5.32 Å². The molecule has 72 valence electrons. The smallest absolute Gasteiger partial charge is 0.0991 e. The van der Waals surface area contributed by atoms with Gasteiger partial charge in [0, 0.05) is 0 Å². The molecule has 2 heteroatoms. The van der Waals surface area contributed by atoms with Gasteiger partial charge in [0.1, 0.15) is 0 Å². The Morgan fingerprint density at radius 1 is 1.50 bits per heavy atom. The van der Waals surface area contributed by atoms with E-state index in [1.54, 1.807) is 0 Å². The molecule has 0 aliphatic carbocycles. The monoisotopic (exact) mass is 186 g/mol. The van der Waals surface area contributed by atoms with E-state index in [1.165, 1.54) is 0 Å². The molecule has 2 nitrogen and oxygen atoms in total. The van der Waals surface area contributed by atoms with Crippen molar-refractivity contribution in [3.05, 3.63) is 41.5 Å². The molecule has 0 amide bonds. The quantitative estimate of drug-likeness (QED) is 0.731. The zero-order valence-electron chi connectivity index (χ0n) is 8.33. The van der Waals surface area contributed by atoms with Gasteiger partial charge in [0.15, 0.2) is 0 Å². The summed E-state index contributed by atoms with van der Waals surface area (Å²) >= 11 is 0. The Balaban J connectivity index is 2.59. The highest BCUT2D eigenvalue weighted by Gasteiger charge is 1.89. The van der Waals surface area contributed by atoms with Crippen LogP contribution in [-0.4, -0.2) is 13.6 Å². The fourth-order valence-electron chi connectivity index (χ4n) is 1.16. The van der Waals surface area contributed by atoms with Crippen LogP contribution >= 0.6 is 0 Å². The van der Waals surface area contributed by atoms with Crippen LogP contribution in [0.5, 0.6) is 0 Å². The van der Waals surface area contributed by atoms with Gasteiger partial charge >= 0.3 is 0 Å². The number of nitriles is 1. The number of benzene rings is 1. The summed E-state index contributed by atoms with van der Waals surface area (Å²) in [6.45, 7) is 0.981. The average molecular weight is 186 g/mol. The highest BCUT2D eigenvalue weighted by atomic mass is 14.8. The summed E-state index contributed by atoms with van der Waals surface area (Å²) in [5.41, 5.74) is 1.79. The molecule has 0 saturated carbocycles. The van der Waals surface area contributed by atoms with Gasteiger partial charge in [-0.25, -0.2) is 0 Å². The molecule has 0 unspecified atom stereocenters. The summed E-state index contributed by atoms with van der Waals surface area (Å²) in [5, 5.41) is 11.8. The highest BCUT2D eigenvalue weighted by molar-refractivity contribution is 5.52. The van der Waals surface area contributed by atoms with E-state index in [0.29, 0.717) is 5.56 Å². The first-order chi connectivity index (χ1) is 6.86. The number of nitrogens with one attached hydrogen (secondary N) is 1. The van der Waals surface area contributed by atoms with Gasteiger partial charge in [-0.1, -0.05) is 24.3 Å². The molecular weight excluding hydrogens is 172 g/mol. The van der Waals surface area contributed by atoms with Crippen LogP contribution in [-0.2, 0) is 0 Å². The van der Waals surface area contributed by atoms with Crippen LogP contribution < -0.4 is 5.32 Å². The summed E-state index contributed by atoms with van der Waals surface area (Å²) in [6, 6.07) is 9.71. The number of rotatable bonds is 4. The van der Waals surface area contributed by atoms with E-state index < -0.39 is 0 Å². The zero-order valence-corrected chi connectivity index (χ0v) is 8.33. The topological polar surface area (TPSA) is 35.8 Å². The molecule has 0 aromatic heterocycles. The van der Waals surface area contributed by atoms with E-state index >= 15 is 0 Å². The molecule has 0 radical (unpaired) electrons. The predicted octanol–water partition coefficient (Wildman–Crippen LogP) is 2.18. The minimum atomic E-state index is 0.709. The number of nitrogens with zero attached hydrogens (tertiary/aromatic N) is 1. The molecule has 1 aromatic carbocycles. The lowest BCUT2D eigenvalue weighted by atomic mass is 10.1. The van der Waals surface area contributed by atoms with E-state index in [9.17, 15) is 0 Å². The third kappa shape index (κ3) is 3.42. The Morgan fingerprint density at radius 3 is 3.07 bits per heavy atom. The molecule has 0 bridgehead atoms. The molecule has 14 heavy (non-hydrogen) atoms. The van der Waals surface area contributed by atoms with Crippen LogP contribution in [0.3, 0.4) is 0 Å². The molecule has 0 spiro atoms. The molecule has 0 saturated heterocycles. The maximum Gasteiger partial charge on any atom is 0.0991 e. The normalized spacial score (nSPS) is 10.3. The molecule has 1 aromatic rings. The van der Waals surface area contributed by atoms with Crippen LogP contribution in [0.25, 0.3) is 6.08 Å². The number of hydrogen-bond acceptors (Lipinski definition) is 2. The van der Waals surface area contributed by atoms with Gasteiger partial charge < -0.3 is 5.32 Å². The van der Waals surface area contributed by atoms with Gasteiger partial charge in [-0.2, -0.15) is 5.26 Å². The van der Waals surface area contributed by atoms with Gasteiger partial charge in [-0.3, -0.25) is 0 Å². The Kier molecular flexibility index (Phi) is 4.46. The van der Waals surface area contributed by atoms with Crippen molar-refractivity contribution in [2.45, 2.75) is 6.42 Å². The average Bonchev–Trinajstić information content (AvgIpc) is 2.25. The van der Waals surface area contributed by atoms with E-state index in [2.05, 4.69) is 17.5 Å². The van der Waals surface area contributed by atoms with Gasteiger partial charge in [0.25, 0.3) is 0 Å². The molecule has 0 fully saturated rings. The van der Waals surface area contributed by atoms with Crippen molar-refractivity contribution in [2.24, 2.45) is 0 Å². The van der Waals surface area contributed by atoms with Gasteiger partial charge in [-0.15, -0.1) is 0 Å². The van der Waals surface area contributed by atoms with Crippen molar-refractivity contribution in [1.29, 1.82) is 5.26 Å². The summed E-state index contributed by atoms with van der Waals surface area (Å²) < 4.78 is 0. The Morgan fingerprint density at radius 2 is 2.36 bits per heavy atom. The summed E-state index contributed by atoms with van der Waals surface area (Å²) in [6.07, 6.45) is 5.15. The van der Waals surface area contributed by atoms with Crippen LogP contribution in [0.4, 0.5) is 0 Å². The molecule has 0 aliphatic heterocycles. The van der Waals surface area contributed by atoms with E-state index in [1.807, 2.05) is 37.4 Å². The first-order valence-electron chi connectivity index (χ1n) is 4.68. The summed E-state index contributed by atoms with van der Waals surface area (Å²) in [7, 11) is 1.93. The molecular formula is C12H14N2. The van der Waals surface area contributed by atoms with Crippen LogP contribution in [0.15, 0.2) is 30.3 Å². The predicted molar refractivity (Wildman–Crippen MR) is 58.7 cm³/mol. The van der Waals surface area contributed by atoms with Gasteiger partial charge in [0.2, 0.25) is 0 Å². The lowest BCUT2D eigenvalue weighted by Crippen LogP contribution is -2.05. The Hall–Kier alpha value is -1.59. The molecule has 0 atom stereocenters. The second-order valence-corrected chi connectivity index (χ2v) is 3.03. The summed E-state index contributed by atoms with van der Waals surface area (Å²) in [5.74, 6) is 0.